The van der Waals surface area contributed by atoms with Crippen molar-refractivity contribution in [2.24, 2.45) is 0 Å². The molecule has 0 heterocycles. The highest BCUT2D eigenvalue weighted by molar-refractivity contribution is 5.90. The van der Waals surface area contributed by atoms with Crippen molar-refractivity contribution >= 4 is 5.78 Å². The molecule has 23 heavy (non-hydrogen) atoms. The van der Waals surface area contributed by atoms with Gasteiger partial charge in [0.2, 0.25) is 0 Å². The Morgan fingerprint density at radius 3 is 2.65 bits per heavy atom. The van der Waals surface area contributed by atoms with Gasteiger partial charge in [-0.1, -0.05) is 48.9 Å². The third kappa shape index (κ3) is 3.30. The molecule has 3 rings (SSSR count). The molecule has 0 spiro atoms. The minimum absolute atomic E-state index is 0.284. The minimum Gasteiger partial charge on any atom is -0.489 e. The Morgan fingerprint density at radius 1 is 1.09 bits per heavy atom. The number of hydrogen-bond donors (Lipinski definition) is 1. The summed E-state index contributed by atoms with van der Waals surface area (Å²) in [6.07, 6.45) is 3.56. The Labute approximate surface area is 137 Å². The number of ether oxygens (including phenoxy) is 1. The van der Waals surface area contributed by atoms with E-state index in [0.29, 0.717) is 13.0 Å². The maximum Gasteiger partial charge on any atom is 0.157 e. The molecule has 0 amide bonds. The molecule has 3 nitrogen and oxygen atoms in total. The molecule has 0 aliphatic heterocycles. The number of rotatable bonds is 5. The second-order valence-corrected chi connectivity index (χ2v) is 6.09. The van der Waals surface area contributed by atoms with E-state index in [0.717, 1.165) is 36.1 Å². The monoisotopic (exact) mass is 309 g/mol. The van der Waals surface area contributed by atoms with Gasteiger partial charge in [0, 0.05) is 6.42 Å². The van der Waals surface area contributed by atoms with Crippen LogP contribution in [0.2, 0.25) is 0 Å². The molecule has 0 aromatic heterocycles. The van der Waals surface area contributed by atoms with Gasteiger partial charge in [-0.05, 0) is 43.1 Å². The summed E-state index contributed by atoms with van der Waals surface area (Å²) in [6.45, 7) is 0.533. The molecule has 1 aliphatic rings. The molecule has 1 saturated carbocycles. The summed E-state index contributed by atoms with van der Waals surface area (Å²) in [4.78, 5) is 12.5. The van der Waals surface area contributed by atoms with Gasteiger partial charge in [0.15, 0.2) is 5.78 Å². The zero-order chi connectivity index (χ0) is 16.1. The number of nitrogens with one attached hydrogen (secondary N) is 1. The summed E-state index contributed by atoms with van der Waals surface area (Å²) >= 11 is 0. The lowest BCUT2D eigenvalue weighted by molar-refractivity contribution is -0.127. The van der Waals surface area contributed by atoms with E-state index >= 15 is 0 Å². The predicted molar refractivity (Wildman–Crippen MR) is 91.4 cm³/mol. The van der Waals surface area contributed by atoms with Crippen LogP contribution in [0.3, 0.4) is 0 Å². The van der Waals surface area contributed by atoms with Crippen LogP contribution in [0, 0.1) is 0 Å². The van der Waals surface area contributed by atoms with E-state index in [4.69, 9.17) is 4.74 Å². The minimum atomic E-state index is -0.551. The average molecular weight is 309 g/mol. The summed E-state index contributed by atoms with van der Waals surface area (Å²) in [7, 11) is 1.88. The molecule has 1 fully saturated rings. The van der Waals surface area contributed by atoms with Gasteiger partial charge in [-0.3, -0.25) is 4.79 Å². The van der Waals surface area contributed by atoms with Crippen molar-refractivity contribution in [3.63, 3.8) is 0 Å². The molecule has 1 unspecified atom stereocenters. The van der Waals surface area contributed by atoms with Crippen LogP contribution in [0.1, 0.15) is 36.8 Å². The molecular formula is C20H23NO2. The van der Waals surface area contributed by atoms with Gasteiger partial charge < -0.3 is 10.1 Å². The maximum atomic E-state index is 12.5. The van der Waals surface area contributed by atoms with E-state index in [9.17, 15) is 4.79 Å². The molecule has 2 aromatic carbocycles. The van der Waals surface area contributed by atoms with Crippen molar-refractivity contribution in [2.75, 3.05) is 7.05 Å². The first-order valence-electron chi connectivity index (χ1n) is 8.24. The predicted octanol–water partition coefficient (Wildman–Crippen LogP) is 3.82. The third-order valence-electron chi connectivity index (χ3n) is 4.68. The summed E-state index contributed by atoms with van der Waals surface area (Å²) in [5, 5.41) is 3.28. The summed E-state index contributed by atoms with van der Waals surface area (Å²) in [6, 6.07) is 18.0. The SMILES string of the molecule is CNC1(c2cccc(OCc3ccccc3)c2)CCCCC1=O. The van der Waals surface area contributed by atoms with E-state index in [1.807, 2.05) is 61.6 Å². The van der Waals surface area contributed by atoms with Crippen molar-refractivity contribution in [3.8, 4) is 5.75 Å². The number of hydrogen-bond acceptors (Lipinski definition) is 3. The van der Waals surface area contributed by atoms with Crippen LogP contribution in [-0.4, -0.2) is 12.8 Å². The molecule has 0 saturated heterocycles. The van der Waals surface area contributed by atoms with Gasteiger partial charge in [-0.2, -0.15) is 0 Å². The zero-order valence-corrected chi connectivity index (χ0v) is 13.5. The first kappa shape index (κ1) is 15.8. The molecule has 120 valence electrons. The maximum absolute atomic E-state index is 12.5. The van der Waals surface area contributed by atoms with Gasteiger partial charge in [-0.25, -0.2) is 0 Å². The van der Waals surface area contributed by atoms with Gasteiger partial charge in [0.1, 0.15) is 17.9 Å². The van der Waals surface area contributed by atoms with E-state index in [1.54, 1.807) is 0 Å². The Balaban J connectivity index is 1.80. The van der Waals surface area contributed by atoms with Gasteiger partial charge in [0.25, 0.3) is 0 Å². The number of carbonyl (C=O) groups is 1. The normalized spacial score (nSPS) is 21.2. The van der Waals surface area contributed by atoms with E-state index < -0.39 is 5.54 Å². The Hall–Kier alpha value is -2.13. The lowest BCUT2D eigenvalue weighted by Gasteiger charge is -2.36. The van der Waals surface area contributed by atoms with Crippen LogP contribution < -0.4 is 10.1 Å². The molecule has 0 bridgehead atoms. The standard InChI is InChI=1S/C20H23NO2/c1-21-20(13-6-5-12-19(20)22)17-10-7-11-18(14-17)23-15-16-8-3-2-4-9-16/h2-4,7-11,14,21H,5-6,12-13,15H2,1H3. The zero-order valence-electron chi connectivity index (χ0n) is 13.5. The second kappa shape index (κ2) is 6.97. The van der Waals surface area contributed by atoms with E-state index in [1.165, 1.54) is 0 Å². The Bertz CT molecular complexity index is 668. The van der Waals surface area contributed by atoms with Gasteiger partial charge in [0.05, 0.1) is 0 Å². The number of likely N-dealkylation sites (N-methyl/N-ethyl adjacent to an activating group) is 1. The molecule has 0 radical (unpaired) electrons. The Kier molecular flexibility index (Phi) is 4.77. The average Bonchev–Trinajstić information content (AvgIpc) is 2.62. The third-order valence-corrected chi connectivity index (χ3v) is 4.68. The van der Waals surface area contributed by atoms with Crippen LogP contribution >= 0.6 is 0 Å². The molecule has 1 aliphatic carbocycles. The van der Waals surface area contributed by atoms with E-state index in [-0.39, 0.29) is 5.78 Å². The quantitative estimate of drug-likeness (QED) is 0.912. The molecule has 3 heteroatoms. The van der Waals surface area contributed by atoms with Crippen molar-refractivity contribution < 1.29 is 9.53 Å². The number of benzene rings is 2. The summed E-state index contributed by atoms with van der Waals surface area (Å²) < 4.78 is 5.91. The van der Waals surface area contributed by atoms with Crippen LogP contribution in [0.5, 0.6) is 5.75 Å². The first-order chi connectivity index (χ1) is 11.2. The highest BCUT2D eigenvalue weighted by Crippen LogP contribution is 2.35. The molecule has 1 N–H and O–H groups in total. The van der Waals surface area contributed by atoms with Crippen LogP contribution in [0.15, 0.2) is 54.6 Å². The lowest BCUT2D eigenvalue weighted by atomic mass is 9.75. The van der Waals surface area contributed by atoms with Crippen LogP contribution in [-0.2, 0) is 16.9 Å². The van der Waals surface area contributed by atoms with E-state index in [2.05, 4.69) is 5.32 Å². The highest BCUT2D eigenvalue weighted by atomic mass is 16.5. The summed E-state index contributed by atoms with van der Waals surface area (Å²) in [5.41, 5.74) is 1.59. The van der Waals surface area contributed by atoms with Gasteiger partial charge >= 0.3 is 0 Å². The molecule has 1 atom stereocenters. The van der Waals surface area contributed by atoms with Crippen molar-refractivity contribution in [3.05, 3.63) is 65.7 Å². The number of carbonyl (C=O) groups excluding carboxylic acids is 1. The smallest absolute Gasteiger partial charge is 0.157 e. The Morgan fingerprint density at radius 2 is 1.91 bits per heavy atom. The topological polar surface area (TPSA) is 38.3 Å². The highest BCUT2D eigenvalue weighted by Gasteiger charge is 2.40. The second-order valence-electron chi connectivity index (χ2n) is 6.09. The fourth-order valence-electron chi connectivity index (χ4n) is 3.33. The fourth-order valence-corrected chi connectivity index (χ4v) is 3.33. The number of Topliss-reactive ketones (excluding diaryl/α,β-unsaturated/α-hetero) is 1. The number of ketones is 1. The van der Waals surface area contributed by atoms with Crippen LogP contribution in [0.4, 0.5) is 0 Å². The van der Waals surface area contributed by atoms with Crippen molar-refractivity contribution in [2.45, 2.75) is 37.8 Å². The summed E-state index contributed by atoms with van der Waals surface area (Å²) in [5.74, 6) is 1.09. The van der Waals surface area contributed by atoms with Crippen molar-refractivity contribution in [1.29, 1.82) is 0 Å². The van der Waals surface area contributed by atoms with Crippen LogP contribution in [0.25, 0.3) is 0 Å². The largest absolute Gasteiger partial charge is 0.489 e. The fraction of sp³-hybridized carbons (Fsp3) is 0.350. The van der Waals surface area contributed by atoms with Crippen molar-refractivity contribution in [1.82, 2.24) is 5.32 Å². The first-order valence-corrected chi connectivity index (χ1v) is 8.24. The molecule has 2 aromatic rings. The molecular weight excluding hydrogens is 286 g/mol. The lowest BCUT2D eigenvalue weighted by Crippen LogP contribution is -2.49. The van der Waals surface area contributed by atoms with Gasteiger partial charge in [-0.15, -0.1) is 0 Å².